The van der Waals surface area contributed by atoms with Gasteiger partial charge in [-0.05, 0) is 99.2 Å². The molecule has 12 atom stereocenters. The molecule has 1 aliphatic heterocycles. The van der Waals surface area contributed by atoms with Gasteiger partial charge >= 0.3 is 5.97 Å². The Morgan fingerprint density at radius 2 is 1.32 bits per heavy atom. The molecule has 6 aliphatic rings. The summed E-state index contributed by atoms with van der Waals surface area (Å²) in [7, 11) is 0. The zero-order chi connectivity index (χ0) is 41.0. The molecule has 1 saturated heterocycles. The van der Waals surface area contributed by atoms with Crippen molar-refractivity contribution in [2.24, 2.45) is 50.7 Å². The first-order valence-electron chi connectivity index (χ1n) is 21.3. The van der Waals surface area contributed by atoms with Crippen molar-refractivity contribution in [1.29, 1.82) is 0 Å². The molecule has 5 aliphatic carbocycles. The van der Waals surface area contributed by atoms with Crippen LogP contribution >= 0.6 is 0 Å². The molecule has 0 amide bonds. The Morgan fingerprint density at radius 3 is 1.88 bits per heavy atom. The number of carbonyl (C=O) groups is 1. The topological polar surface area (TPSA) is 142 Å². The van der Waals surface area contributed by atoms with Crippen molar-refractivity contribution in [3.8, 4) is 0 Å². The smallest absolute Gasteiger partial charge is 0.332 e. The lowest BCUT2D eigenvalue weighted by molar-refractivity contribution is -0.252. The predicted molar refractivity (Wildman–Crippen MR) is 203 cm³/mol. The molecule has 0 bridgehead atoms. The van der Waals surface area contributed by atoms with Crippen LogP contribution in [0.15, 0.2) is 0 Å². The Morgan fingerprint density at radius 1 is 0.768 bits per heavy atom. The summed E-state index contributed by atoms with van der Waals surface area (Å²) in [6, 6.07) is 0. The van der Waals surface area contributed by atoms with Gasteiger partial charge in [-0.25, -0.2) is 13.6 Å². The highest BCUT2D eigenvalue weighted by Gasteiger charge is 2.90. The lowest BCUT2D eigenvalue weighted by Crippen LogP contribution is -2.64. The van der Waals surface area contributed by atoms with E-state index in [4.69, 9.17) is 38.3 Å². The summed E-state index contributed by atoms with van der Waals surface area (Å²) in [5, 5.41) is 31.7. The number of fused-ring (bicyclic) bond motifs is 2. The summed E-state index contributed by atoms with van der Waals surface area (Å²) < 4.78 is 72.4. The van der Waals surface area contributed by atoms with Crippen LogP contribution in [0.4, 0.5) is 8.78 Å². The van der Waals surface area contributed by atoms with Crippen molar-refractivity contribution in [2.45, 2.75) is 142 Å². The van der Waals surface area contributed by atoms with Gasteiger partial charge in [-0.3, -0.25) is 0 Å². The van der Waals surface area contributed by atoms with Crippen LogP contribution in [0, 0.1) is 50.7 Å². The number of aliphatic hydroxyl groups excluding tert-OH is 2. The van der Waals surface area contributed by atoms with E-state index in [9.17, 15) is 15.0 Å². The normalized spacial score (nSPS) is 43.4. The van der Waals surface area contributed by atoms with Crippen LogP contribution in [-0.4, -0.2) is 129 Å². The van der Waals surface area contributed by atoms with E-state index in [0.29, 0.717) is 65.5 Å². The molecule has 5 saturated carbocycles. The van der Waals surface area contributed by atoms with E-state index in [2.05, 4.69) is 27.7 Å². The summed E-state index contributed by atoms with van der Waals surface area (Å²) >= 11 is 0. The van der Waals surface area contributed by atoms with Gasteiger partial charge in [0, 0.05) is 23.7 Å². The van der Waals surface area contributed by atoms with Crippen molar-refractivity contribution in [3.05, 3.63) is 0 Å². The van der Waals surface area contributed by atoms with Crippen LogP contribution in [0.1, 0.15) is 107 Å². The van der Waals surface area contributed by atoms with Crippen LogP contribution in [0.3, 0.4) is 0 Å². The van der Waals surface area contributed by atoms with Crippen LogP contribution in [0.5, 0.6) is 0 Å². The van der Waals surface area contributed by atoms with Crippen molar-refractivity contribution in [3.63, 3.8) is 0 Å². The Hall–Kier alpha value is -1.03. The van der Waals surface area contributed by atoms with E-state index in [1.165, 1.54) is 0 Å². The summed E-state index contributed by atoms with van der Waals surface area (Å²) in [6.45, 7) is 18.7. The number of aliphatic hydroxyl groups is 3. The fourth-order valence-electron chi connectivity index (χ4n) is 14.2. The minimum Gasteiger partial charge on any atom is -0.460 e. The second kappa shape index (κ2) is 16.1. The quantitative estimate of drug-likeness (QED) is 0.111. The molecule has 6 fully saturated rings. The summed E-state index contributed by atoms with van der Waals surface area (Å²) in [6.07, 6.45) is 2.84. The molecular formula is C43H72F2O11. The summed E-state index contributed by atoms with van der Waals surface area (Å²) in [5.41, 5.74) is -4.24. The molecule has 0 aromatic carbocycles. The van der Waals surface area contributed by atoms with Crippen LogP contribution in [-0.2, 0) is 38.0 Å². The van der Waals surface area contributed by atoms with Gasteiger partial charge < -0.3 is 48.5 Å². The van der Waals surface area contributed by atoms with E-state index >= 15 is 8.78 Å². The first kappa shape index (κ1) is 44.5. The summed E-state index contributed by atoms with van der Waals surface area (Å²) in [4.78, 5) is 13.5. The maximum Gasteiger partial charge on any atom is 0.332 e. The Balaban J connectivity index is 1.10. The monoisotopic (exact) mass is 803 g/mol. The van der Waals surface area contributed by atoms with Crippen LogP contribution < -0.4 is 0 Å². The number of carbonyl (C=O) groups excluding carboxylic acids is 1. The largest absolute Gasteiger partial charge is 0.460 e. The molecule has 2 spiro atoms. The van der Waals surface area contributed by atoms with Gasteiger partial charge in [0.05, 0.1) is 89.5 Å². The van der Waals surface area contributed by atoms with Gasteiger partial charge in [-0.15, -0.1) is 0 Å². The fourth-order valence-corrected chi connectivity index (χ4v) is 14.2. The molecule has 324 valence electrons. The standard InChI is InChI=1S/C43H72F2O11/c1-28-41-12-11-38(6)34(40(8)10-9-32(56-40)37(4,5)49)29(47)26-39(38,7)31(41)25-30(35-36(2,3)43(44,45)14-13-42(28,35)41)55-33(48)27-54-24-23-53-22-21-52-20-19-51-18-17-50-16-15-46/h28-32,34-35,46-47,49H,9-27H2,1-8H3/t28-,29-,30-,31-,32-,34-,35-,38+,39-,40-,41-,42+/m0/s1. The second-order valence-electron chi connectivity index (χ2n) is 19.9. The van der Waals surface area contributed by atoms with Gasteiger partial charge in [0.25, 0.3) is 5.92 Å². The highest BCUT2D eigenvalue weighted by atomic mass is 19.3. The first-order chi connectivity index (χ1) is 26.2. The van der Waals surface area contributed by atoms with Gasteiger partial charge in [0.15, 0.2) is 0 Å². The van der Waals surface area contributed by atoms with Gasteiger partial charge in [0.2, 0.25) is 0 Å². The van der Waals surface area contributed by atoms with Crippen molar-refractivity contribution < 1.29 is 62.1 Å². The Labute approximate surface area is 333 Å². The molecule has 6 rings (SSSR count). The maximum absolute atomic E-state index is 16.0. The van der Waals surface area contributed by atoms with Crippen molar-refractivity contribution in [2.75, 3.05) is 72.7 Å². The molecule has 1 heterocycles. The molecule has 0 unspecified atom stereocenters. The van der Waals surface area contributed by atoms with Crippen LogP contribution in [0.25, 0.3) is 0 Å². The molecule has 0 aromatic heterocycles. The van der Waals surface area contributed by atoms with Gasteiger partial charge in [0.1, 0.15) is 12.7 Å². The minimum atomic E-state index is -2.91. The highest BCUT2D eigenvalue weighted by molar-refractivity contribution is 5.71. The summed E-state index contributed by atoms with van der Waals surface area (Å²) in [5.74, 6) is -3.90. The predicted octanol–water partition coefficient (Wildman–Crippen LogP) is 5.58. The van der Waals surface area contributed by atoms with E-state index in [-0.39, 0.29) is 73.0 Å². The number of alkyl halides is 2. The number of halogens is 2. The number of hydrogen-bond acceptors (Lipinski definition) is 11. The number of hydrogen-bond donors (Lipinski definition) is 3. The average molecular weight is 803 g/mol. The fraction of sp³-hybridized carbons (Fsp3) is 0.977. The lowest BCUT2D eigenvalue weighted by atomic mass is 9.41. The molecule has 3 N–H and O–H groups in total. The molecular weight excluding hydrogens is 730 g/mol. The molecule has 11 nitrogen and oxygen atoms in total. The zero-order valence-corrected chi connectivity index (χ0v) is 35.3. The average Bonchev–Trinajstić information content (AvgIpc) is 3.30. The second-order valence-corrected chi connectivity index (χ2v) is 19.9. The Bertz CT molecular complexity index is 1380. The van der Waals surface area contributed by atoms with E-state index in [1.807, 2.05) is 0 Å². The minimum absolute atomic E-state index is 0.0145. The number of rotatable bonds is 19. The van der Waals surface area contributed by atoms with Crippen molar-refractivity contribution in [1.82, 2.24) is 0 Å². The molecule has 0 radical (unpaired) electrons. The third kappa shape index (κ3) is 7.20. The van der Waals surface area contributed by atoms with Crippen LogP contribution in [0.2, 0.25) is 0 Å². The SMILES string of the molecule is C[C@H]1[C@@]23CC[C@]4(C)[C@@H]([C@]5(C)CC[C@@H](C(C)(C)O)O5)[C@@H](O)C[C@@]4(C)[C@@H]2C[C@H](OC(=O)COCCOCCOCCOCCOCCO)[C@H]2C(C)(C)C(F)(F)CC[C@@]123. The Kier molecular flexibility index (Phi) is 12.8. The number of ether oxygens (including phenoxy) is 7. The molecule has 0 aromatic rings. The maximum atomic E-state index is 16.0. The zero-order valence-electron chi connectivity index (χ0n) is 35.3. The van der Waals surface area contributed by atoms with E-state index in [1.54, 1.807) is 27.7 Å². The lowest BCUT2D eigenvalue weighted by Gasteiger charge is -2.64. The third-order valence-corrected chi connectivity index (χ3v) is 16.7. The van der Waals surface area contributed by atoms with Crippen molar-refractivity contribution >= 4 is 5.97 Å². The third-order valence-electron chi connectivity index (χ3n) is 16.7. The number of esters is 1. The van der Waals surface area contributed by atoms with E-state index in [0.717, 1.165) is 25.7 Å². The first-order valence-corrected chi connectivity index (χ1v) is 21.3. The molecule has 13 heteroatoms. The van der Waals surface area contributed by atoms with Gasteiger partial charge in [-0.2, -0.15) is 0 Å². The highest BCUT2D eigenvalue weighted by Crippen LogP contribution is 2.92. The van der Waals surface area contributed by atoms with Gasteiger partial charge in [-0.1, -0.05) is 34.6 Å². The molecule has 56 heavy (non-hydrogen) atoms. The van der Waals surface area contributed by atoms with E-state index < -0.39 is 52.0 Å².